The van der Waals surface area contributed by atoms with E-state index in [9.17, 15) is 10.2 Å². The standard InChI is InChI=1S/C25H31NO3/c1-14-11-17(5-9-21(14)26)29-22-13-25(2)20(8-10-23(25)28)19-6-3-15-12-16(27)4-7-18(15)24(19)22/h4-5,7,9,11-12,19-20,22-24,27-28H,3,6,8,10,13,26H2,1-2H3/t19-,20-,22-,23-,24+,25-/m0/s1. The molecular formula is C25H31NO3. The third-order valence-electron chi connectivity index (χ3n) is 8.14. The van der Waals surface area contributed by atoms with E-state index < -0.39 is 0 Å². The molecule has 2 aromatic carbocycles. The van der Waals surface area contributed by atoms with Gasteiger partial charge >= 0.3 is 0 Å². The number of aliphatic hydroxyl groups is 1. The minimum atomic E-state index is -0.256. The summed E-state index contributed by atoms with van der Waals surface area (Å²) in [6.07, 6.45) is 4.66. The highest BCUT2D eigenvalue weighted by Gasteiger charge is 2.58. The molecule has 29 heavy (non-hydrogen) atoms. The van der Waals surface area contributed by atoms with Crippen LogP contribution in [0.1, 0.15) is 55.2 Å². The van der Waals surface area contributed by atoms with Crippen molar-refractivity contribution in [3.63, 3.8) is 0 Å². The van der Waals surface area contributed by atoms with E-state index in [1.54, 1.807) is 0 Å². The molecule has 0 bridgehead atoms. The Kier molecular flexibility index (Phi) is 4.32. The summed E-state index contributed by atoms with van der Waals surface area (Å²) in [6, 6.07) is 11.7. The quantitative estimate of drug-likeness (QED) is 0.654. The van der Waals surface area contributed by atoms with Crippen molar-refractivity contribution in [3.05, 3.63) is 53.1 Å². The molecule has 2 aromatic rings. The van der Waals surface area contributed by atoms with E-state index in [0.717, 1.165) is 49.1 Å². The summed E-state index contributed by atoms with van der Waals surface area (Å²) in [5, 5.41) is 20.9. The first-order chi connectivity index (χ1) is 13.9. The van der Waals surface area contributed by atoms with Crippen LogP contribution in [0.25, 0.3) is 0 Å². The zero-order valence-corrected chi connectivity index (χ0v) is 17.3. The minimum Gasteiger partial charge on any atom is -0.508 e. The van der Waals surface area contributed by atoms with Crippen molar-refractivity contribution in [3.8, 4) is 11.5 Å². The lowest BCUT2D eigenvalue weighted by Crippen LogP contribution is -2.51. The maximum atomic E-state index is 10.9. The fourth-order valence-electron chi connectivity index (χ4n) is 6.60. The molecule has 2 saturated carbocycles. The van der Waals surface area contributed by atoms with Crippen LogP contribution in [-0.4, -0.2) is 22.4 Å². The maximum absolute atomic E-state index is 10.9. The van der Waals surface area contributed by atoms with Crippen molar-refractivity contribution in [1.82, 2.24) is 0 Å². The summed E-state index contributed by atoms with van der Waals surface area (Å²) in [7, 11) is 0. The molecule has 4 N–H and O–H groups in total. The van der Waals surface area contributed by atoms with E-state index in [1.165, 1.54) is 11.1 Å². The van der Waals surface area contributed by atoms with Gasteiger partial charge in [0, 0.05) is 17.0 Å². The molecular weight excluding hydrogens is 362 g/mol. The van der Waals surface area contributed by atoms with Gasteiger partial charge in [0.2, 0.25) is 0 Å². The molecule has 0 heterocycles. The first kappa shape index (κ1) is 18.8. The molecule has 154 valence electrons. The van der Waals surface area contributed by atoms with Gasteiger partial charge in [0.1, 0.15) is 17.6 Å². The van der Waals surface area contributed by atoms with E-state index in [2.05, 4.69) is 13.0 Å². The fourth-order valence-corrected chi connectivity index (χ4v) is 6.60. The number of rotatable bonds is 2. The first-order valence-corrected chi connectivity index (χ1v) is 10.9. The topological polar surface area (TPSA) is 75.7 Å². The Morgan fingerprint density at radius 2 is 1.93 bits per heavy atom. The van der Waals surface area contributed by atoms with E-state index >= 15 is 0 Å². The number of anilines is 1. The van der Waals surface area contributed by atoms with Gasteiger partial charge in [-0.25, -0.2) is 0 Å². The van der Waals surface area contributed by atoms with Gasteiger partial charge in [-0.2, -0.15) is 0 Å². The number of phenolic OH excluding ortho intramolecular Hbond substituents is 1. The molecule has 0 amide bonds. The fraction of sp³-hybridized carbons (Fsp3) is 0.520. The Morgan fingerprint density at radius 3 is 2.72 bits per heavy atom. The molecule has 0 aromatic heterocycles. The average Bonchev–Trinajstić information content (AvgIpc) is 2.98. The molecule has 5 rings (SSSR count). The molecule has 0 radical (unpaired) electrons. The molecule has 3 aliphatic rings. The highest BCUT2D eigenvalue weighted by molar-refractivity contribution is 5.50. The Balaban J connectivity index is 1.57. The van der Waals surface area contributed by atoms with Crippen LogP contribution in [0.2, 0.25) is 0 Å². The number of ether oxygens (including phenoxy) is 1. The molecule has 0 spiro atoms. The lowest BCUT2D eigenvalue weighted by molar-refractivity contribution is -0.0716. The summed E-state index contributed by atoms with van der Waals surface area (Å²) in [4.78, 5) is 0. The van der Waals surface area contributed by atoms with Crippen LogP contribution < -0.4 is 10.5 Å². The third kappa shape index (κ3) is 2.92. The van der Waals surface area contributed by atoms with Gasteiger partial charge in [0.25, 0.3) is 0 Å². The SMILES string of the molecule is Cc1cc(O[C@H]2C[C@]3(C)[C@@H](O)CC[C@H]3[C@@H]3CCc4cc(O)ccc4[C@H]32)ccc1N. The van der Waals surface area contributed by atoms with E-state index in [0.29, 0.717) is 23.5 Å². The summed E-state index contributed by atoms with van der Waals surface area (Å²) < 4.78 is 6.64. The monoisotopic (exact) mass is 393 g/mol. The van der Waals surface area contributed by atoms with Gasteiger partial charge in [-0.05, 0) is 97.9 Å². The number of hydrogen-bond donors (Lipinski definition) is 3. The van der Waals surface area contributed by atoms with Crippen LogP contribution in [0.4, 0.5) is 5.69 Å². The van der Waals surface area contributed by atoms with Gasteiger partial charge in [-0.3, -0.25) is 0 Å². The predicted octanol–water partition coefficient (Wildman–Crippen LogP) is 4.56. The highest BCUT2D eigenvalue weighted by atomic mass is 16.5. The number of phenols is 1. The summed E-state index contributed by atoms with van der Waals surface area (Å²) in [5.41, 5.74) is 10.3. The average molecular weight is 394 g/mol. The number of aryl methyl sites for hydroxylation is 2. The maximum Gasteiger partial charge on any atom is 0.120 e. The number of aliphatic hydroxyl groups excluding tert-OH is 1. The number of hydrogen-bond acceptors (Lipinski definition) is 4. The zero-order chi connectivity index (χ0) is 20.3. The molecule has 2 fully saturated rings. The van der Waals surface area contributed by atoms with Gasteiger partial charge in [-0.1, -0.05) is 13.0 Å². The van der Waals surface area contributed by atoms with Crippen LogP contribution in [0.15, 0.2) is 36.4 Å². The summed E-state index contributed by atoms with van der Waals surface area (Å²) in [5.74, 6) is 2.51. The Hall–Kier alpha value is -2.20. The number of fused-ring (bicyclic) bond motifs is 5. The lowest BCUT2D eigenvalue weighted by atomic mass is 9.54. The second-order valence-corrected chi connectivity index (χ2v) is 9.70. The van der Waals surface area contributed by atoms with Crippen molar-refractivity contribution in [2.24, 2.45) is 17.3 Å². The van der Waals surface area contributed by atoms with Gasteiger partial charge in [-0.15, -0.1) is 0 Å². The Bertz CT molecular complexity index is 942. The number of benzene rings is 2. The van der Waals surface area contributed by atoms with Gasteiger partial charge in [0.05, 0.1) is 6.10 Å². The van der Waals surface area contributed by atoms with Crippen LogP contribution in [-0.2, 0) is 6.42 Å². The second kappa shape index (κ2) is 6.66. The molecule has 0 saturated heterocycles. The molecule has 0 unspecified atom stereocenters. The third-order valence-corrected chi connectivity index (χ3v) is 8.14. The molecule has 3 aliphatic carbocycles. The van der Waals surface area contributed by atoms with Gasteiger partial charge < -0.3 is 20.7 Å². The van der Waals surface area contributed by atoms with Crippen LogP contribution >= 0.6 is 0 Å². The first-order valence-electron chi connectivity index (χ1n) is 10.9. The van der Waals surface area contributed by atoms with Gasteiger partial charge in [0.15, 0.2) is 0 Å². The number of nitrogen functional groups attached to an aromatic ring is 1. The number of nitrogens with two attached hydrogens (primary N) is 1. The van der Waals surface area contributed by atoms with E-state index in [4.69, 9.17) is 10.5 Å². The van der Waals surface area contributed by atoms with Crippen LogP contribution in [0, 0.1) is 24.2 Å². The number of aromatic hydroxyl groups is 1. The van der Waals surface area contributed by atoms with Crippen molar-refractivity contribution in [2.75, 3.05) is 5.73 Å². The largest absolute Gasteiger partial charge is 0.508 e. The summed E-state index contributed by atoms with van der Waals surface area (Å²) >= 11 is 0. The van der Waals surface area contributed by atoms with Crippen molar-refractivity contribution >= 4 is 5.69 Å². The highest BCUT2D eigenvalue weighted by Crippen LogP contribution is 2.61. The summed E-state index contributed by atoms with van der Waals surface area (Å²) in [6.45, 7) is 4.27. The minimum absolute atomic E-state index is 0.000572. The van der Waals surface area contributed by atoms with Crippen molar-refractivity contribution in [1.29, 1.82) is 0 Å². The Morgan fingerprint density at radius 1 is 1.10 bits per heavy atom. The Labute approximate surface area is 172 Å². The normalized spacial score (nSPS) is 35.5. The molecule has 4 nitrogen and oxygen atoms in total. The van der Waals surface area contributed by atoms with Crippen molar-refractivity contribution in [2.45, 2.75) is 64.1 Å². The molecule has 4 heteroatoms. The zero-order valence-electron chi connectivity index (χ0n) is 17.3. The smallest absolute Gasteiger partial charge is 0.120 e. The van der Waals surface area contributed by atoms with Crippen LogP contribution in [0.3, 0.4) is 0 Å². The molecule has 0 aliphatic heterocycles. The van der Waals surface area contributed by atoms with E-state index in [1.807, 2.05) is 37.3 Å². The predicted molar refractivity (Wildman–Crippen MR) is 114 cm³/mol. The lowest BCUT2D eigenvalue weighted by Gasteiger charge is -2.53. The second-order valence-electron chi connectivity index (χ2n) is 9.70. The molecule has 6 atom stereocenters. The van der Waals surface area contributed by atoms with E-state index in [-0.39, 0.29) is 17.6 Å². The van der Waals surface area contributed by atoms with Crippen molar-refractivity contribution < 1.29 is 14.9 Å². The van der Waals surface area contributed by atoms with Crippen LogP contribution in [0.5, 0.6) is 11.5 Å².